The average molecular weight is 454 g/mol. The number of fused-ring (bicyclic) bond motifs is 1. The van der Waals surface area contributed by atoms with Gasteiger partial charge in [0.05, 0.1) is 23.0 Å². The van der Waals surface area contributed by atoms with Gasteiger partial charge in [-0.05, 0) is 24.3 Å². The molecular weight excluding hydrogens is 437 g/mol. The largest absolute Gasteiger partial charge is 0.493 e. The Morgan fingerprint density at radius 1 is 1.16 bits per heavy atom. The van der Waals surface area contributed by atoms with E-state index in [4.69, 9.17) is 0 Å². The van der Waals surface area contributed by atoms with Crippen LogP contribution in [-0.2, 0) is 28.0 Å². The third-order valence-corrected chi connectivity index (χ3v) is 5.59. The quantitative estimate of drug-likeness (QED) is 0.589. The van der Waals surface area contributed by atoms with Crippen molar-refractivity contribution >= 4 is 38.2 Å². The number of alkyl halides is 3. The molecule has 1 aromatic heterocycles. The number of aromatic nitrogens is 1. The highest BCUT2D eigenvalue weighted by Crippen LogP contribution is 2.38. The minimum atomic E-state index is -4.69. The van der Waals surface area contributed by atoms with E-state index in [0.29, 0.717) is 21.3 Å². The Balaban J connectivity index is 1.91. The highest BCUT2D eigenvalue weighted by atomic mass is 32.2. The lowest BCUT2D eigenvalue weighted by molar-refractivity contribution is -0.137. The van der Waals surface area contributed by atoms with Crippen LogP contribution >= 0.6 is 0 Å². The summed E-state index contributed by atoms with van der Waals surface area (Å²) in [5, 5.41) is 17.9. The average Bonchev–Trinajstić information content (AvgIpc) is 2.93. The summed E-state index contributed by atoms with van der Waals surface area (Å²) in [6.07, 6.45) is -3.93. The number of halogens is 3. The molecule has 0 atom stereocenters. The molecule has 1 heterocycles. The SMILES string of the molecule is Cn1c(O)c(N=NC(=O)CN(c2cccc(C(F)(F)F)c2)S(C)(=O)=O)c2ccccc21. The van der Waals surface area contributed by atoms with Crippen LogP contribution in [0.3, 0.4) is 0 Å². The highest BCUT2D eigenvalue weighted by Gasteiger charge is 2.32. The molecule has 12 heteroatoms. The number of rotatable bonds is 5. The Hall–Kier alpha value is -3.41. The van der Waals surface area contributed by atoms with Gasteiger partial charge in [0.25, 0.3) is 5.91 Å². The van der Waals surface area contributed by atoms with Gasteiger partial charge in [0.15, 0.2) is 5.69 Å². The van der Waals surface area contributed by atoms with Crippen LogP contribution in [0.1, 0.15) is 5.56 Å². The maximum atomic E-state index is 13.0. The van der Waals surface area contributed by atoms with Gasteiger partial charge >= 0.3 is 6.18 Å². The molecule has 31 heavy (non-hydrogen) atoms. The topological polar surface area (TPSA) is 104 Å². The number of carbonyl (C=O) groups is 1. The summed E-state index contributed by atoms with van der Waals surface area (Å²) >= 11 is 0. The van der Waals surface area contributed by atoms with Crippen molar-refractivity contribution < 1.29 is 31.5 Å². The number of hydrogen-bond donors (Lipinski definition) is 1. The van der Waals surface area contributed by atoms with Crippen molar-refractivity contribution in [2.75, 3.05) is 17.1 Å². The fraction of sp³-hybridized carbons (Fsp3) is 0.211. The molecule has 0 spiro atoms. The van der Waals surface area contributed by atoms with E-state index in [0.717, 1.165) is 24.5 Å². The van der Waals surface area contributed by atoms with Gasteiger partial charge in [-0.1, -0.05) is 24.3 Å². The molecule has 3 rings (SSSR count). The minimum absolute atomic E-state index is 0.0106. The molecule has 0 radical (unpaired) electrons. The molecule has 0 aliphatic heterocycles. The van der Waals surface area contributed by atoms with Crippen molar-refractivity contribution in [3.63, 3.8) is 0 Å². The Bertz CT molecular complexity index is 1280. The van der Waals surface area contributed by atoms with Crippen molar-refractivity contribution in [3.8, 4) is 5.88 Å². The fourth-order valence-electron chi connectivity index (χ4n) is 2.96. The van der Waals surface area contributed by atoms with Crippen LogP contribution in [0.5, 0.6) is 5.88 Å². The molecule has 0 unspecified atom stereocenters. The summed E-state index contributed by atoms with van der Waals surface area (Å²) in [6, 6.07) is 10.4. The van der Waals surface area contributed by atoms with Gasteiger partial charge < -0.3 is 9.67 Å². The Labute approximate surface area is 175 Å². The Morgan fingerprint density at radius 3 is 2.48 bits per heavy atom. The highest BCUT2D eigenvalue weighted by molar-refractivity contribution is 7.92. The zero-order valence-corrected chi connectivity index (χ0v) is 17.1. The fourth-order valence-corrected chi connectivity index (χ4v) is 3.80. The number of para-hydroxylation sites is 1. The van der Waals surface area contributed by atoms with Crippen LogP contribution in [-0.4, -0.2) is 36.8 Å². The number of amides is 1. The number of nitrogens with zero attached hydrogens (tertiary/aromatic N) is 4. The van der Waals surface area contributed by atoms with E-state index in [9.17, 15) is 31.5 Å². The van der Waals surface area contributed by atoms with E-state index in [-0.39, 0.29) is 17.3 Å². The van der Waals surface area contributed by atoms with E-state index in [1.165, 1.54) is 4.57 Å². The molecule has 1 N–H and O–H groups in total. The molecule has 0 bridgehead atoms. The van der Waals surface area contributed by atoms with Crippen molar-refractivity contribution in [1.82, 2.24) is 4.57 Å². The van der Waals surface area contributed by atoms with Gasteiger partial charge in [-0.15, -0.1) is 10.2 Å². The lowest BCUT2D eigenvalue weighted by Crippen LogP contribution is -2.34. The molecule has 0 saturated heterocycles. The number of azo groups is 1. The maximum absolute atomic E-state index is 13.0. The number of sulfonamides is 1. The predicted molar refractivity (Wildman–Crippen MR) is 108 cm³/mol. The molecular formula is C19H17F3N4O4S. The van der Waals surface area contributed by atoms with Crippen molar-refractivity contribution in [3.05, 3.63) is 54.1 Å². The zero-order chi connectivity index (χ0) is 23.0. The van der Waals surface area contributed by atoms with Crippen LogP contribution in [0, 0.1) is 0 Å². The first-order valence-electron chi connectivity index (χ1n) is 8.75. The van der Waals surface area contributed by atoms with Crippen molar-refractivity contribution in [1.29, 1.82) is 0 Å². The molecule has 3 aromatic rings. The van der Waals surface area contributed by atoms with Crippen LogP contribution in [0.25, 0.3) is 10.9 Å². The molecule has 2 aromatic carbocycles. The molecule has 0 fully saturated rings. The lowest BCUT2D eigenvalue weighted by atomic mass is 10.2. The molecule has 164 valence electrons. The third-order valence-electron chi connectivity index (χ3n) is 4.45. The van der Waals surface area contributed by atoms with E-state index < -0.39 is 34.2 Å². The lowest BCUT2D eigenvalue weighted by Gasteiger charge is -2.21. The first-order chi connectivity index (χ1) is 14.4. The van der Waals surface area contributed by atoms with Gasteiger partial charge in [0.2, 0.25) is 15.9 Å². The third kappa shape index (κ3) is 4.68. The first-order valence-corrected chi connectivity index (χ1v) is 10.6. The van der Waals surface area contributed by atoms with E-state index in [2.05, 4.69) is 10.2 Å². The summed E-state index contributed by atoms with van der Waals surface area (Å²) in [7, 11) is -2.53. The summed E-state index contributed by atoms with van der Waals surface area (Å²) in [5.74, 6) is -1.29. The van der Waals surface area contributed by atoms with Crippen LogP contribution in [0.2, 0.25) is 0 Å². The van der Waals surface area contributed by atoms with Crippen molar-refractivity contribution in [2.24, 2.45) is 17.3 Å². The van der Waals surface area contributed by atoms with Gasteiger partial charge in [0, 0.05) is 12.4 Å². The van der Waals surface area contributed by atoms with E-state index >= 15 is 0 Å². The second kappa shape index (κ2) is 8.02. The molecule has 8 nitrogen and oxygen atoms in total. The second-order valence-electron chi connectivity index (χ2n) is 6.66. The van der Waals surface area contributed by atoms with E-state index in [1.54, 1.807) is 31.3 Å². The smallest absolute Gasteiger partial charge is 0.416 e. The molecule has 1 amide bonds. The molecule has 0 saturated carbocycles. The summed E-state index contributed by atoms with van der Waals surface area (Å²) < 4.78 is 65.1. The standard InChI is InChI=1S/C19H17F3N4O4S/c1-25-15-9-4-3-8-14(15)17(18(25)28)24-23-16(27)11-26(31(2,29)30)13-7-5-6-12(10-13)19(20,21)22/h3-10,28H,11H2,1-2H3. The van der Waals surface area contributed by atoms with Gasteiger partial charge in [-0.25, -0.2) is 8.42 Å². The van der Waals surface area contributed by atoms with Gasteiger partial charge in [-0.2, -0.15) is 13.2 Å². The molecule has 0 aliphatic carbocycles. The molecule has 0 aliphatic rings. The summed E-state index contributed by atoms with van der Waals surface area (Å²) in [4.78, 5) is 12.3. The number of aryl methyl sites for hydroxylation is 1. The number of carbonyl (C=O) groups excluding carboxylic acids is 1. The first kappa shape index (κ1) is 22.3. The zero-order valence-electron chi connectivity index (χ0n) is 16.3. The van der Waals surface area contributed by atoms with Gasteiger partial charge in [0.1, 0.15) is 6.54 Å². The van der Waals surface area contributed by atoms with Crippen LogP contribution < -0.4 is 4.31 Å². The van der Waals surface area contributed by atoms with Gasteiger partial charge in [-0.3, -0.25) is 9.10 Å². The number of hydrogen-bond acceptors (Lipinski definition) is 5. The Morgan fingerprint density at radius 2 is 1.84 bits per heavy atom. The number of anilines is 1. The predicted octanol–water partition coefficient (Wildman–Crippen LogP) is 3.98. The Kier molecular flexibility index (Phi) is 5.77. The number of aromatic hydroxyl groups is 1. The maximum Gasteiger partial charge on any atom is 0.416 e. The minimum Gasteiger partial charge on any atom is -0.493 e. The van der Waals surface area contributed by atoms with Crippen LogP contribution in [0.15, 0.2) is 58.8 Å². The van der Waals surface area contributed by atoms with E-state index in [1.807, 2.05) is 0 Å². The van der Waals surface area contributed by atoms with Crippen molar-refractivity contribution in [2.45, 2.75) is 6.18 Å². The monoisotopic (exact) mass is 454 g/mol. The summed E-state index contributed by atoms with van der Waals surface area (Å²) in [6.45, 7) is -0.866. The van der Waals surface area contributed by atoms with Crippen LogP contribution in [0.4, 0.5) is 24.5 Å². The summed E-state index contributed by atoms with van der Waals surface area (Å²) in [5.41, 5.74) is -0.762. The second-order valence-corrected chi connectivity index (χ2v) is 8.57. The number of benzene rings is 2. The normalized spacial score (nSPS) is 12.5.